The van der Waals surface area contributed by atoms with Crippen LogP contribution in [0, 0.1) is 5.92 Å². The summed E-state index contributed by atoms with van der Waals surface area (Å²) in [5.41, 5.74) is 1.71. The van der Waals surface area contributed by atoms with E-state index in [4.69, 9.17) is 0 Å². The van der Waals surface area contributed by atoms with Gasteiger partial charge in [-0.15, -0.1) is 0 Å². The minimum absolute atomic E-state index is 0.427. The molecule has 4 aromatic carbocycles. The van der Waals surface area contributed by atoms with Crippen molar-refractivity contribution in [2.75, 3.05) is 6.61 Å². The Morgan fingerprint density at radius 1 is 0.513 bits per heavy atom. The molecule has 0 saturated heterocycles. The average molecular weight is 523 g/mol. The zero-order valence-electron chi connectivity index (χ0n) is 21.9. The molecular weight excluding hydrogens is 492 g/mol. The van der Waals surface area contributed by atoms with E-state index in [9.17, 15) is 24.0 Å². The van der Waals surface area contributed by atoms with Gasteiger partial charge in [-0.3, -0.25) is 24.0 Å². The number of benzene rings is 4. The lowest BCUT2D eigenvalue weighted by molar-refractivity contribution is -0.129. The number of ketones is 4. The first-order chi connectivity index (χ1) is 18.8. The highest BCUT2D eigenvalue weighted by molar-refractivity contribution is 6.49. The normalized spacial score (nSPS) is 9.62. The number of carbonyl (C=O) groups excluding carboxylic acids is 5. The van der Waals surface area contributed by atoms with Gasteiger partial charge in [0.2, 0.25) is 23.1 Å². The highest BCUT2D eigenvalue weighted by Crippen LogP contribution is 2.08. The van der Waals surface area contributed by atoms with Crippen LogP contribution in [-0.4, -0.2) is 36.2 Å². The predicted molar refractivity (Wildman–Crippen MR) is 150 cm³/mol. The summed E-state index contributed by atoms with van der Waals surface area (Å²) in [6.07, 6.45) is 0. The summed E-state index contributed by atoms with van der Waals surface area (Å²) >= 11 is 0. The van der Waals surface area contributed by atoms with E-state index >= 15 is 0 Å². The molecule has 0 radical (unpaired) electrons. The lowest BCUT2D eigenvalue weighted by Crippen LogP contribution is -2.14. The lowest BCUT2D eigenvalue weighted by atomic mass is 10.0. The van der Waals surface area contributed by atoms with Crippen LogP contribution in [0.5, 0.6) is 0 Å². The summed E-state index contributed by atoms with van der Waals surface area (Å²) in [5.74, 6) is -1.41. The van der Waals surface area contributed by atoms with Gasteiger partial charge in [-0.2, -0.15) is 0 Å². The molecule has 4 rings (SSSR count). The zero-order chi connectivity index (χ0) is 28.5. The highest BCUT2D eigenvalue weighted by Gasteiger charge is 2.18. The molecule has 0 fully saturated rings. The van der Waals surface area contributed by atoms with Gasteiger partial charge in [-0.1, -0.05) is 135 Å². The monoisotopic (exact) mass is 522 g/mol. The fourth-order valence-corrected chi connectivity index (χ4v) is 3.11. The van der Waals surface area contributed by atoms with E-state index in [2.05, 4.69) is 4.74 Å². The third kappa shape index (κ3) is 10.5. The molecule has 0 aliphatic carbocycles. The maximum Gasteiger partial charge on any atom is 0.293 e. The molecule has 6 nitrogen and oxygen atoms in total. The SMILES string of the molecule is CC(C)COC=O.O=C(C(=O)c1ccccc1)c1ccccc1.O=C(C(=O)c1ccccc1)c1ccccc1. The second kappa shape index (κ2) is 16.7. The van der Waals surface area contributed by atoms with Gasteiger partial charge < -0.3 is 4.74 Å². The number of hydrogen-bond donors (Lipinski definition) is 0. The molecule has 0 bridgehead atoms. The minimum Gasteiger partial charge on any atom is -0.468 e. The van der Waals surface area contributed by atoms with Crippen molar-refractivity contribution in [3.05, 3.63) is 144 Å². The summed E-state index contributed by atoms with van der Waals surface area (Å²) < 4.78 is 4.41. The Hall–Kier alpha value is -4.97. The van der Waals surface area contributed by atoms with Crippen LogP contribution in [0.4, 0.5) is 0 Å². The number of Topliss-reactive ketones (excluding diaryl/α,β-unsaturated/α-hetero) is 4. The Morgan fingerprint density at radius 3 is 0.897 bits per heavy atom. The van der Waals surface area contributed by atoms with Crippen LogP contribution >= 0.6 is 0 Å². The van der Waals surface area contributed by atoms with Crippen molar-refractivity contribution < 1.29 is 28.7 Å². The molecule has 0 N–H and O–H groups in total. The van der Waals surface area contributed by atoms with E-state index in [0.717, 1.165) is 0 Å². The highest BCUT2D eigenvalue weighted by atomic mass is 16.5. The molecule has 198 valence electrons. The van der Waals surface area contributed by atoms with Crippen LogP contribution in [0.1, 0.15) is 55.3 Å². The molecule has 0 heterocycles. The van der Waals surface area contributed by atoms with Gasteiger partial charge in [0.25, 0.3) is 6.47 Å². The fourth-order valence-electron chi connectivity index (χ4n) is 3.11. The molecule has 0 spiro atoms. The van der Waals surface area contributed by atoms with E-state index in [1.54, 1.807) is 97.1 Å². The van der Waals surface area contributed by atoms with E-state index < -0.39 is 23.1 Å². The molecule has 0 atom stereocenters. The molecule has 0 amide bonds. The quantitative estimate of drug-likeness (QED) is 0.145. The van der Waals surface area contributed by atoms with Gasteiger partial charge >= 0.3 is 0 Å². The maximum absolute atomic E-state index is 11.8. The molecule has 0 unspecified atom stereocenters. The van der Waals surface area contributed by atoms with E-state index in [-0.39, 0.29) is 0 Å². The number of hydrogen-bond acceptors (Lipinski definition) is 6. The van der Waals surface area contributed by atoms with Crippen LogP contribution in [0.3, 0.4) is 0 Å². The van der Waals surface area contributed by atoms with Crippen molar-refractivity contribution in [1.29, 1.82) is 0 Å². The molecule has 39 heavy (non-hydrogen) atoms. The van der Waals surface area contributed by atoms with Crippen LogP contribution in [0.25, 0.3) is 0 Å². The molecule has 4 aromatic rings. The summed E-state index contributed by atoms with van der Waals surface area (Å²) in [5, 5.41) is 0. The Kier molecular flexibility index (Phi) is 13.0. The zero-order valence-corrected chi connectivity index (χ0v) is 21.9. The van der Waals surface area contributed by atoms with Crippen molar-refractivity contribution in [3.8, 4) is 0 Å². The van der Waals surface area contributed by atoms with Crippen molar-refractivity contribution in [2.45, 2.75) is 13.8 Å². The standard InChI is InChI=1S/2C14H10O2.C5H10O2/c2*15-13(11-7-3-1-4-8-11)14(16)12-9-5-2-6-10-12;1-5(2)3-7-4-6/h2*1-10H;4-5H,3H2,1-2H3. The van der Waals surface area contributed by atoms with Gasteiger partial charge in [0.1, 0.15) is 0 Å². The first-order valence-electron chi connectivity index (χ1n) is 12.3. The molecule has 6 heteroatoms. The van der Waals surface area contributed by atoms with E-state index in [1.807, 2.05) is 38.1 Å². The second-order valence-electron chi connectivity index (χ2n) is 8.60. The summed E-state index contributed by atoms with van der Waals surface area (Å²) in [6, 6.07) is 34.3. The predicted octanol–water partition coefficient (Wildman–Crippen LogP) is 6.32. The van der Waals surface area contributed by atoms with Gasteiger partial charge in [0.05, 0.1) is 6.61 Å². The first-order valence-corrected chi connectivity index (χ1v) is 12.3. The third-order valence-electron chi connectivity index (χ3n) is 5.05. The summed E-state index contributed by atoms with van der Waals surface area (Å²) in [6.45, 7) is 4.98. The smallest absolute Gasteiger partial charge is 0.293 e. The average Bonchev–Trinajstić information content (AvgIpc) is 3.01. The fraction of sp³-hybridized carbons (Fsp3) is 0.121. The molecular formula is C33H30O6. The molecule has 0 aliphatic heterocycles. The Labute approximate surface area is 228 Å². The number of rotatable bonds is 9. The van der Waals surface area contributed by atoms with Gasteiger partial charge in [-0.05, 0) is 5.92 Å². The van der Waals surface area contributed by atoms with Crippen molar-refractivity contribution in [3.63, 3.8) is 0 Å². The first kappa shape index (κ1) is 30.3. The van der Waals surface area contributed by atoms with Gasteiger partial charge in [0.15, 0.2) is 0 Å². The number of ether oxygens (including phenoxy) is 1. The van der Waals surface area contributed by atoms with Crippen molar-refractivity contribution in [2.24, 2.45) is 5.92 Å². The molecule has 0 aliphatic rings. The van der Waals surface area contributed by atoms with Crippen molar-refractivity contribution in [1.82, 2.24) is 0 Å². The van der Waals surface area contributed by atoms with Crippen LogP contribution < -0.4 is 0 Å². The largest absolute Gasteiger partial charge is 0.468 e. The van der Waals surface area contributed by atoms with Crippen LogP contribution in [0.15, 0.2) is 121 Å². The number of carbonyl (C=O) groups is 5. The maximum atomic E-state index is 11.8. The van der Waals surface area contributed by atoms with Crippen LogP contribution in [-0.2, 0) is 9.53 Å². The molecule has 0 saturated carbocycles. The second-order valence-corrected chi connectivity index (χ2v) is 8.60. The van der Waals surface area contributed by atoms with Gasteiger partial charge in [0, 0.05) is 22.3 Å². The topological polar surface area (TPSA) is 94.6 Å². The Morgan fingerprint density at radius 2 is 0.744 bits per heavy atom. The Balaban J connectivity index is 0.000000222. The Bertz CT molecular complexity index is 1130. The third-order valence-corrected chi connectivity index (χ3v) is 5.05. The van der Waals surface area contributed by atoms with Crippen molar-refractivity contribution >= 4 is 29.6 Å². The molecule has 0 aromatic heterocycles. The summed E-state index contributed by atoms with van der Waals surface area (Å²) in [4.78, 5) is 56.7. The minimum atomic E-state index is -0.466. The lowest BCUT2D eigenvalue weighted by Gasteiger charge is -1.99. The van der Waals surface area contributed by atoms with E-state index in [0.29, 0.717) is 41.3 Å². The summed E-state index contributed by atoms with van der Waals surface area (Å²) in [7, 11) is 0. The van der Waals surface area contributed by atoms with Gasteiger partial charge in [-0.25, -0.2) is 0 Å². The van der Waals surface area contributed by atoms with E-state index in [1.165, 1.54) is 0 Å². The van der Waals surface area contributed by atoms with Crippen LogP contribution in [0.2, 0.25) is 0 Å².